The normalized spacial score (nSPS) is 21.1. The molecule has 1 aromatic carbocycles. The van der Waals surface area contributed by atoms with E-state index in [9.17, 15) is 4.39 Å². The molecule has 0 amide bonds. The van der Waals surface area contributed by atoms with Crippen LogP contribution in [0.4, 0.5) is 4.39 Å². The zero-order valence-corrected chi connectivity index (χ0v) is 11.1. The van der Waals surface area contributed by atoms with Crippen molar-refractivity contribution in [2.24, 2.45) is 5.41 Å². The predicted molar refractivity (Wildman–Crippen MR) is 70.9 cm³/mol. The fourth-order valence-corrected chi connectivity index (χ4v) is 3.19. The van der Waals surface area contributed by atoms with Crippen LogP contribution in [0.15, 0.2) is 24.3 Å². The molecule has 0 bridgehead atoms. The molecule has 1 fully saturated rings. The summed E-state index contributed by atoms with van der Waals surface area (Å²) in [5, 5.41) is 0.115. The Morgan fingerprint density at radius 2 is 2.00 bits per heavy atom. The Morgan fingerprint density at radius 3 is 2.65 bits per heavy atom. The van der Waals surface area contributed by atoms with Gasteiger partial charge in [0.05, 0.1) is 0 Å². The summed E-state index contributed by atoms with van der Waals surface area (Å²) < 4.78 is 13.1. The maximum Gasteiger partial charge on any atom is 0.123 e. The molecular weight excluding hydrogens is 235 g/mol. The van der Waals surface area contributed by atoms with Gasteiger partial charge in [0, 0.05) is 5.38 Å². The fourth-order valence-electron chi connectivity index (χ4n) is 2.79. The van der Waals surface area contributed by atoms with Crippen LogP contribution in [0, 0.1) is 11.2 Å². The van der Waals surface area contributed by atoms with Crippen molar-refractivity contribution in [3.8, 4) is 0 Å². The van der Waals surface area contributed by atoms with E-state index in [0.29, 0.717) is 0 Å². The lowest BCUT2D eigenvalue weighted by Gasteiger charge is -2.37. The van der Waals surface area contributed by atoms with Gasteiger partial charge in [-0.05, 0) is 42.4 Å². The Bertz CT molecular complexity index is 369. The molecule has 0 saturated heterocycles. The summed E-state index contributed by atoms with van der Waals surface area (Å²) in [5.74, 6) is -0.167. The van der Waals surface area contributed by atoms with Crippen molar-refractivity contribution in [2.75, 3.05) is 0 Å². The second-order valence-electron chi connectivity index (χ2n) is 5.52. The number of halogens is 2. The highest BCUT2D eigenvalue weighted by Crippen LogP contribution is 2.42. The maximum atomic E-state index is 13.1. The molecule has 0 aromatic heterocycles. The van der Waals surface area contributed by atoms with E-state index in [-0.39, 0.29) is 16.6 Å². The van der Waals surface area contributed by atoms with Crippen molar-refractivity contribution < 1.29 is 4.39 Å². The Kier molecular flexibility index (Phi) is 4.09. The average Bonchev–Trinajstić information content (AvgIpc) is 2.30. The molecule has 1 saturated carbocycles. The number of alkyl halides is 1. The third-order valence-corrected chi connectivity index (χ3v) is 4.74. The monoisotopic (exact) mass is 254 g/mol. The highest BCUT2D eigenvalue weighted by atomic mass is 35.5. The average molecular weight is 255 g/mol. The summed E-state index contributed by atoms with van der Waals surface area (Å²) in [6, 6.07) is 6.80. The molecule has 1 aliphatic rings. The summed E-state index contributed by atoms with van der Waals surface area (Å²) in [7, 11) is 0. The predicted octanol–water partition coefficient (Wildman–Crippen LogP) is 4.95. The van der Waals surface area contributed by atoms with E-state index in [1.807, 2.05) is 6.07 Å². The van der Waals surface area contributed by atoms with Gasteiger partial charge >= 0.3 is 0 Å². The minimum absolute atomic E-state index is 0.115. The SMILES string of the molecule is CC1(C(Cl)Cc2cccc(F)c2)CCCCC1. The summed E-state index contributed by atoms with van der Waals surface area (Å²) in [6.07, 6.45) is 7.08. The van der Waals surface area contributed by atoms with Crippen molar-refractivity contribution in [3.05, 3.63) is 35.6 Å². The van der Waals surface area contributed by atoms with Gasteiger partial charge in [0.2, 0.25) is 0 Å². The van der Waals surface area contributed by atoms with E-state index in [2.05, 4.69) is 6.92 Å². The van der Waals surface area contributed by atoms with Crippen LogP contribution in [0.2, 0.25) is 0 Å². The number of benzene rings is 1. The zero-order valence-electron chi connectivity index (χ0n) is 10.4. The summed E-state index contributed by atoms with van der Waals surface area (Å²) in [4.78, 5) is 0. The molecule has 0 nitrogen and oxygen atoms in total. The Hall–Kier alpha value is -0.560. The van der Waals surface area contributed by atoms with Crippen LogP contribution in [0.1, 0.15) is 44.6 Å². The smallest absolute Gasteiger partial charge is 0.123 e. The summed E-state index contributed by atoms with van der Waals surface area (Å²) in [5.41, 5.74) is 1.24. The van der Waals surface area contributed by atoms with Gasteiger partial charge in [0.25, 0.3) is 0 Å². The van der Waals surface area contributed by atoms with Gasteiger partial charge in [-0.1, -0.05) is 38.3 Å². The number of hydrogen-bond acceptors (Lipinski definition) is 0. The highest BCUT2D eigenvalue weighted by Gasteiger charge is 2.34. The Morgan fingerprint density at radius 1 is 1.29 bits per heavy atom. The first-order valence-electron chi connectivity index (χ1n) is 6.49. The van der Waals surface area contributed by atoms with Gasteiger partial charge in [0.15, 0.2) is 0 Å². The first-order valence-corrected chi connectivity index (χ1v) is 6.92. The van der Waals surface area contributed by atoms with E-state index in [1.165, 1.54) is 38.2 Å². The van der Waals surface area contributed by atoms with Crippen LogP contribution < -0.4 is 0 Å². The van der Waals surface area contributed by atoms with Gasteiger partial charge in [0.1, 0.15) is 5.82 Å². The minimum atomic E-state index is -0.167. The molecule has 1 atom stereocenters. The van der Waals surface area contributed by atoms with Crippen LogP contribution >= 0.6 is 11.6 Å². The number of rotatable bonds is 3. The van der Waals surface area contributed by atoms with Crippen molar-refractivity contribution >= 4 is 11.6 Å². The molecular formula is C15H20ClF. The van der Waals surface area contributed by atoms with Gasteiger partial charge in [-0.3, -0.25) is 0 Å². The van der Waals surface area contributed by atoms with Gasteiger partial charge in [-0.15, -0.1) is 11.6 Å². The lowest BCUT2D eigenvalue weighted by atomic mass is 9.72. The molecule has 0 aliphatic heterocycles. The molecule has 1 aliphatic carbocycles. The summed E-state index contributed by atoms with van der Waals surface area (Å²) >= 11 is 6.57. The minimum Gasteiger partial charge on any atom is -0.207 e. The largest absolute Gasteiger partial charge is 0.207 e. The van der Waals surface area contributed by atoms with Gasteiger partial charge in [-0.2, -0.15) is 0 Å². The van der Waals surface area contributed by atoms with E-state index in [1.54, 1.807) is 12.1 Å². The second-order valence-corrected chi connectivity index (χ2v) is 6.04. The lowest BCUT2D eigenvalue weighted by molar-refractivity contribution is 0.205. The fraction of sp³-hybridized carbons (Fsp3) is 0.600. The van der Waals surface area contributed by atoms with E-state index in [0.717, 1.165) is 12.0 Å². The Balaban J connectivity index is 2.02. The first-order chi connectivity index (χ1) is 8.10. The molecule has 1 aromatic rings. The quantitative estimate of drug-likeness (QED) is 0.670. The molecule has 17 heavy (non-hydrogen) atoms. The van der Waals surface area contributed by atoms with E-state index < -0.39 is 0 Å². The molecule has 0 N–H and O–H groups in total. The van der Waals surface area contributed by atoms with E-state index in [4.69, 9.17) is 11.6 Å². The van der Waals surface area contributed by atoms with Crippen LogP contribution in [-0.4, -0.2) is 5.38 Å². The molecule has 0 spiro atoms. The van der Waals surface area contributed by atoms with Crippen LogP contribution in [-0.2, 0) is 6.42 Å². The van der Waals surface area contributed by atoms with Crippen molar-refractivity contribution in [2.45, 2.75) is 50.8 Å². The molecule has 1 unspecified atom stereocenters. The molecule has 0 heterocycles. The van der Waals surface area contributed by atoms with Crippen molar-refractivity contribution in [1.29, 1.82) is 0 Å². The summed E-state index contributed by atoms with van der Waals surface area (Å²) in [6.45, 7) is 2.28. The Labute approximate surface area is 108 Å². The molecule has 2 heteroatoms. The number of hydrogen-bond donors (Lipinski definition) is 0. The lowest BCUT2D eigenvalue weighted by Crippen LogP contribution is -2.32. The third-order valence-electron chi connectivity index (χ3n) is 4.06. The standard InChI is InChI=1S/C15H20ClF/c1-15(8-3-2-4-9-15)14(16)11-12-6-5-7-13(17)10-12/h5-7,10,14H,2-4,8-9,11H2,1H3. The third kappa shape index (κ3) is 3.22. The van der Waals surface area contributed by atoms with Crippen LogP contribution in [0.25, 0.3) is 0 Å². The topological polar surface area (TPSA) is 0 Å². The van der Waals surface area contributed by atoms with Crippen LogP contribution in [0.5, 0.6) is 0 Å². The first kappa shape index (κ1) is 12.9. The van der Waals surface area contributed by atoms with Crippen molar-refractivity contribution in [1.82, 2.24) is 0 Å². The maximum absolute atomic E-state index is 13.1. The highest BCUT2D eigenvalue weighted by molar-refractivity contribution is 6.21. The zero-order chi connectivity index (χ0) is 12.3. The molecule has 94 valence electrons. The molecule has 2 rings (SSSR count). The van der Waals surface area contributed by atoms with Crippen molar-refractivity contribution in [3.63, 3.8) is 0 Å². The van der Waals surface area contributed by atoms with E-state index >= 15 is 0 Å². The van der Waals surface area contributed by atoms with Gasteiger partial charge in [-0.25, -0.2) is 4.39 Å². The van der Waals surface area contributed by atoms with Gasteiger partial charge < -0.3 is 0 Å². The van der Waals surface area contributed by atoms with Crippen LogP contribution in [0.3, 0.4) is 0 Å². The molecule has 0 radical (unpaired) electrons. The second kappa shape index (κ2) is 5.39.